The molecule has 2 aliphatic rings. The largest absolute Gasteiger partial charge is 0.387 e. The summed E-state index contributed by atoms with van der Waals surface area (Å²) in [6.07, 6.45) is 4.36. The van der Waals surface area contributed by atoms with Crippen molar-refractivity contribution in [3.05, 3.63) is 24.3 Å². The van der Waals surface area contributed by atoms with Gasteiger partial charge in [-0.1, -0.05) is 12.1 Å². The molecule has 0 unspecified atom stereocenters. The van der Waals surface area contributed by atoms with Crippen molar-refractivity contribution >= 4 is 15.7 Å². The lowest BCUT2D eigenvalue weighted by Crippen LogP contribution is -2.35. The maximum Gasteiger partial charge on any atom is 0.245 e. The monoisotopic (exact) mass is 280 g/mol. The van der Waals surface area contributed by atoms with Crippen LogP contribution in [0.25, 0.3) is 0 Å². The summed E-state index contributed by atoms with van der Waals surface area (Å²) in [6, 6.07) is 7.39. The molecule has 5 heteroatoms. The van der Waals surface area contributed by atoms with Crippen LogP contribution in [0.1, 0.15) is 25.7 Å². The molecule has 0 aromatic heterocycles. The Kier molecular flexibility index (Phi) is 3.27. The first-order valence-corrected chi connectivity index (χ1v) is 8.35. The Morgan fingerprint density at radius 2 is 1.89 bits per heavy atom. The second-order valence-electron chi connectivity index (χ2n) is 5.50. The van der Waals surface area contributed by atoms with Crippen LogP contribution in [0, 0.1) is 5.92 Å². The number of benzene rings is 1. The number of rotatable bonds is 6. The zero-order valence-electron chi connectivity index (χ0n) is 11.2. The normalized spacial score (nSPS) is 19.7. The Morgan fingerprint density at radius 3 is 2.47 bits per heavy atom. The van der Waals surface area contributed by atoms with Crippen molar-refractivity contribution in [2.75, 3.05) is 18.9 Å². The smallest absolute Gasteiger partial charge is 0.245 e. The van der Waals surface area contributed by atoms with Crippen LogP contribution in [0.3, 0.4) is 0 Å². The topological polar surface area (TPSA) is 49.4 Å². The molecule has 1 aromatic rings. The molecule has 0 aliphatic heterocycles. The number of anilines is 1. The molecule has 0 saturated heterocycles. The van der Waals surface area contributed by atoms with E-state index in [-0.39, 0.29) is 6.04 Å². The molecule has 2 saturated carbocycles. The molecule has 104 valence electrons. The zero-order valence-corrected chi connectivity index (χ0v) is 12.0. The number of nitrogens with one attached hydrogen (secondary N) is 1. The molecule has 2 aliphatic carbocycles. The molecule has 19 heavy (non-hydrogen) atoms. The summed E-state index contributed by atoms with van der Waals surface area (Å²) in [5, 5.41) is 2.98. The predicted molar refractivity (Wildman–Crippen MR) is 75.6 cm³/mol. The average Bonchev–Trinajstić information content (AvgIpc) is 3.28. The third kappa shape index (κ3) is 2.62. The fourth-order valence-corrected chi connectivity index (χ4v) is 4.35. The Bertz CT molecular complexity index is 563. The number of nitrogens with zero attached hydrogens (tertiary/aromatic N) is 1. The van der Waals surface area contributed by atoms with Crippen LogP contribution in [0.5, 0.6) is 0 Å². The van der Waals surface area contributed by atoms with Gasteiger partial charge in [0.25, 0.3) is 0 Å². The molecule has 0 amide bonds. The van der Waals surface area contributed by atoms with E-state index in [4.69, 9.17) is 0 Å². The quantitative estimate of drug-likeness (QED) is 0.870. The molecule has 4 nitrogen and oxygen atoms in total. The lowest BCUT2D eigenvalue weighted by Gasteiger charge is -2.23. The van der Waals surface area contributed by atoms with Crippen LogP contribution in [-0.4, -0.2) is 32.4 Å². The van der Waals surface area contributed by atoms with E-state index in [1.165, 1.54) is 12.8 Å². The fourth-order valence-electron chi connectivity index (χ4n) is 2.39. The van der Waals surface area contributed by atoms with Gasteiger partial charge in [0.1, 0.15) is 4.90 Å². The number of para-hydroxylation sites is 1. The van der Waals surface area contributed by atoms with Crippen molar-refractivity contribution in [2.24, 2.45) is 5.92 Å². The van der Waals surface area contributed by atoms with Gasteiger partial charge < -0.3 is 5.32 Å². The summed E-state index contributed by atoms with van der Waals surface area (Å²) in [5.41, 5.74) is 0.684. The molecular weight excluding hydrogens is 260 g/mol. The first kappa shape index (κ1) is 12.9. The van der Waals surface area contributed by atoms with Gasteiger partial charge in [0.05, 0.1) is 5.69 Å². The van der Waals surface area contributed by atoms with Gasteiger partial charge in [-0.3, -0.25) is 0 Å². The van der Waals surface area contributed by atoms with Crippen LogP contribution in [-0.2, 0) is 10.0 Å². The highest BCUT2D eigenvalue weighted by molar-refractivity contribution is 7.89. The molecule has 0 atom stereocenters. The number of hydrogen-bond donors (Lipinski definition) is 1. The van der Waals surface area contributed by atoms with Crippen molar-refractivity contribution in [3.63, 3.8) is 0 Å². The summed E-state index contributed by atoms with van der Waals surface area (Å²) in [7, 11) is -1.60. The zero-order chi connectivity index (χ0) is 13.5. The van der Waals surface area contributed by atoms with Gasteiger partial charge in [-0.25, -0.2) is 8.42 Å². The lowest BCUT2D eigenvalue weighted by molar-refractivity contribution is 0.389. The number of sulfonamides is 1. The van der Waals surface area contributed by atoms with Crippen LogP contribution < -0.4 is 5.32 Å². The first-order chi connectivity index (χ1) is 9.13. The molecule has 0 heterocycles. The minimum absolute atomic E-state index is 0.232. The molecule has 1 aromatic carbocycles. The van der Waals surface area contributed by atoms with E-state index in [0.717, 1.165) is 12.8 Å². The standard InChI is InChI=1S/C14H20N2O2S/c1-15-13-4-2-3-5-14(13)19(17,18)16(12-8-9-12)10-11-6-7-11/h2-5,11-12,15H,6-10H2,1H3. The van der Waals surface area contributed by atoms with E-state index >= 15 is 0 Å². The Labute approximate surface area is 114 Å². The minimum atomic E-state index is -3.36. The highest BCUT2D eigenvalue weighted by Gasteiger charge is 2.41. The Balaban J connectivity index is 1.94. The Morgan fingerprint density at radius 1 is 1.21 bits per heavy atom. The van der Waals surface area contributed by atoms with Gasteiger partial charge in [-0.2, -0.15) is 4.31 Å². The second kappa shape index (κ2) is 4.80. The van der Waals surface area contributed by atoms with E-state index in [9.17, 15) is 8.42 Å². The third-order valence-electron chi connectivity index (χ3n) is 3.83. The van der Waals surface area contributed by atoms with E-state index in [1.54, 1.807) is 23.5 Å². The molecule has 2 fully saturated rings. The van der Waals surface area contributed by atoms with E-state index < -0.39 is 10.0 Å². The SMILES string of the molecule is CNc1ccccc1S(=O)(=O)N(CC1CC1)C1CC1. The van der Waals surface area contributed by atoms with Crippen molar-refractivity contribution in [2.45, 2.75) is 36.6 Å². The molecule has 3 rings (SSSR count). The van der Waals surface area contributed by atoms with E-state index in [1.807, 2.05) is 12.1 Å². The summed E-state index contributed by atoms with van der Waals surface area (Å²) < 4.78 is 27.4. The Hall–Kier alpha value is -1.07. The summed E-state index contributed by atoms with van der Waals surface area (Å²) in [6.45, 7) is 0.699. The average molecular weight is 280 g/mol. The molecule has 1 N–H and O–H groups in total. The van der Waals surface area contributed by atoms with Crippen molar-refractivity contribution in [3.8, 4) is 0 Å². The van der Waals surface area contributed by atoms with E-state index in [0.29, 0.717) is 23.0 Å². The molecule has 0 spiro atoms. The third-order valence-corrected chi connectivity index (χ3v) is 5.81. The van der Waals surface area contributed by atoms with Gasteiger partial charge >= 0.3 is 0 Å². The van der Waals surface area contributed by atoms with Gasteiger partial charge in [0, 0.05) is 19.6 Å². The van der Waals surface area contributed by atoms with Crippen molar-refractivity contribution in [1.29, 1.82) is 0 Å². The van der Waals surface area contributed by atoms with Gasteiger partial charge in [-0.15, -0.1) is 0 Å². The van der Waals surface area contributed by atoms with Crippen LogP contribution >= 0.6 is 0 Å². The molecular formula is C14H20N2O2S. The lowest BCUT2D eigenvalue weighted by atomic mass is 10.3. The maximum absolute atomic E-state index is 12.8. The molecule has 0 radical (unpaired) electrons. The van der Waals surface area contributed by atoms with E-state index in [2.05, 4.69) is 5.32 Å². The predicted octanol–water partition coefficient (Wildman–Crippen LogP) is 2.29. The summed E-state index contributed by atoms with van der Waals surface area (Å²) in [4.78, 5) is 0.407. The van der Waals surface area contributed by atoms with Crippen LogP contribution in [0.4, 0.5) is 5.69 Å². The van der Waals surface area contributed by atoms with Crippen molar-refractivity contribution in [1.82, 2.24) is 4.31 Å². The fraction of sp³-hybridized carbons (Fsp3) is 0.571. The van der Waals surface area contributed by atoms with Gasteiger partial charge in [-0.05, 0) is 43.7 Å². The first-order valence-electron chi connectivity index (χ1n) is 6.91. The maximum atomic E-state index is 12.8. The van der Waals surface area contributed by atoms with Crippen LogP contribution in [0.2, 0.25) is 0 Å². The van der Waals surface area contributed by atoms with Gasteiger partial charge in [0.2, 0.25) is 10.0 Å². The highest BCUT2D eigenvalue weighted by Crippen LogP contribution is 2.39. The van der Waals surface area contributed by atoms with Gasteiger partial charge in [0.15, 0.2) is 0 Å². The van der Waals surface area contributed by atoms with Crippen LogP contribution in [0.15, 0.2) is 29.2 Å². The number of hydrogen-bond acceptors (Lipinski definition) is 3. The minimum Gasteiger partial charge on any atom is -0.387 e. The molecule has 0 bridgehead atoms. The van der Waals surface area contributed by atoms with Crippen molar-refractivity contribution < 1.29 is 8.42 Å². The highest BCUT2D eigenvalue weighted by atomic mass is 32.2. The second-order valence-corrected chi connectivity index (χ2v) is 7.35. The summed E-state index contributed by atoms with van der Waals surface area (Å²) >= 11 is 0. The summed E-state index contributed by atoms with van der Waals surface area (Å²) in [5.74, 6) is 0.581.